The van der Waals surface area contributed by atoms with Crippen LogP contribution in [0.25, 0.3) is 0 Å². The molecule has 0 aliphatic carbocycles. The third-order valence-electron chi connectivity index (χ3n) is 2.26. The highest BCUT2D eigenvalue weighted by Crippen LogP contribution is 2.09. The molecule has 5 heteroatoms. The van der Waals surface area contributed by atoms with Gasteiger partial charge in [0.1, 0.15) is 5.69 Å². The summed E-state index contributed by atoms with van der Waals surface area (Å²) >= 11 is 5.69. The predicted octanol–water partition coefficient (Wildman–Crippen LogP) is 1.95. The molecule has 90 valence electrons. The second-order valence-corrected chi connectivity index (χ2v) is 4.06. The first-order chi connectivity index (χ1) is 7.74. The van der Waals surface area contributed by atoms with Gasteiger partial charge in [-0.3, -0.25) is 4.79 Å². The molecule has 16 heavy (non-hydrogen) atoms. The lowest BCUT2D eigenvalue weighted by Gasteiger charge is -2.03. The Hall–Kier alpha value is -1.00. The molecule has 1 aromatic heterocycles. The summed E-state index contributed by atoms with van der Waals surface area (Å²) in [4.78, 5) is 14.3. The van der Waals surface area contributed by atoms with Crippen LogP contribution in [-0.4, -0.2) is 29.1 Å². The zero-order valence-electron chi connectivity index (χ0n) is 9.13. The van der Waals surface area contributed by atoms with Crippen molar-refractivity contribution < 1.29 is 9.90 Å². The maximum absolute atomic E-state index is 11.5. The number of halogens is 1. The van der Waals surface area contributed by atoms with Crippen LogP contribution >= 0.6 is 11.6 Å². The molecule has 0 spiro atoms. The Morgan fingerprint density at radius 1 is 1.38 bits per heavy atom. The summed E-state index contributed by atoms with van der Waals surface area (Å²) in [5.74, 6) is -0.131. The number of amides is 1. The van der Waals surface area contributed by atoms with Crippen molar-refractivity contribution in [2.75, 3.05) is 13.2 Å². The van der Waals surface area contributed by atoms with E-state index in [1.165, 1.54) is 0 Å². The highest BCUT2D eigenvalue weighted by molar-refractivity contribution is 6.30. The molecular weight excluding hydrogens is 228 g/mol. The lowest BCUT2D eigenvalue weighted by molar-refractivity contribution is 0.0948. The third-order valence-corrected chi connectivity index (χ3v) is 2.48. The maximum atomic E-state index is 11.5. The van der Waals surface area contributed by atoms with Crippen molar-refractivity contribution in [2.45, 2.75) is 25.7 Å². The van der Waals surface area contributed by atoms with Crippen LogP contribution in [0.4, 0.5) is 0 Å². The molecule has 0 fully saturated rings. The standard InChI is InChI=1S/C11H17ClN2O2/c12-9-7-10(14-8-9)11(16)13-5-3-1-2-4-6-15/h7-8,14-15H,1-6H2,(H,13,16). The third kappa shape index (κ3) is 4.68. The average molecular weight is 245 g/mol. The van der Waals surface area contributed by atoms with Gasteiger partial charge in [-0.2, -0.15) is 0 Å². The number of aromatic amines is 1. The Bertz CT molecular complexity index is 326. The second kappa shape index (κ2) is 7.30. The van der Waals surface area contributed by atoms with Crippen molar-refractivity contribution in [3.63, 3.8) is 0 Å². The van der Waals surface area contributed by atoms with Crippen LogP contribution in [0.2, 0.25) is 5.02 Å². The van der Waals surface area contributed by atoms with Gasteiger partial charge in [-0.05, 0) is 18.9 Å². The Kier molecular flexibility index (Phi) is 5.96. The smallest absolute Gasteiger partial charge is 0.267 e. The molecule has 0 unspecified atom stereocenters. The van der Waals surface area contributed by atoms with E-state index in [9.17, 15) is 4.79 Å². The summed E-state index contributed by atoms with van der Waals surface area (Å²) < 4.78 is 0. The van der Waals surface area contributed by atoms with Gasteiger partial charge in [0.05, 0.1) is 5.02 Å². The summed E-state index contributed by atoms with van der Waals surface area (Å²) in [6.45, 7) is 0.897. The first kappa shape index (κ1) is 13.1. The summed E-state index contributed by atoms with van der Waals surface area (Å²) in [5.41, 5.74) is 0.486. The van der Waals surface area contributed by atoms with Crippen molar-refractivity contribution >= 4 is 17.5 Å². The SMILES string of the molecule is O=C(NCCCCCCO)c1cc(Cl)c[nH]1. The van der Waals surface area contributed by atoms with E-state index in [-0.39, 0.29) is 12.5 Å². The van der Waals surface area contributed by atoms with Gasteiger partial charge in [0.2, 0.25) is 0 Å². The van der Waals surface area contributed by atoms with Gasteiger partial charge in [0.25, 0.3) is 5.91 Å². The zero-order chi connectivity index (χ0) is 11.8. The van der Waals surface area contributed by atoms with Crippen molar-refractivity contribution in [1.29, 1.82) is 0 Å². The van der Waals surface area contributed by atoms with Crippen LogP contribution in [-0.2, 0) is 0 Å². The molecule has 0 radical (unpaired) electrons. The quantitative estimate of drug-likeness (QED) is 0.642. The van der Waals surface area contributed by atoms with Crippen LogP contribution < -0.4 is 5.32 Å². The Morgan fingerprint density at radius 2 is 2.12 bits per heavy atom. The number of rotatable bonds is 7. The van der Waals surface area contributed by atoms with E-state index in [2.05, 4.69) is 10.3 Å². The number of hydrogen-bond donors (Lipinski definition) is 3. The molecule has 1 aromatic rings. The monoisotopic (exact) mass is 244 g/mol. The molecule has 0 saturated heterocycles. The van der Waals surface area contributed by atoms with Gasteiger partial charge in [-0.15, -0.1) is 0 Å². The van der Waals surface area contributed by atoms with Gasteiger partial charge >= 0.3 is 0 Å². The summed E-state index contributed by atoms with van der Waals surface area (Å²) in [5, 5.41) is 11.9. The van der Waals surface area contributed by atoms with Gasteiger partial charge in [0, 0.05) is 19.3 Å². The first-order valence-corrected chi connectivity index (χ1v) is 5.85. The summed E-state index contributed by atoms with van der Waals surface area (Å²) in [7, 11) is 0. The predicted molar refractivity (Wildman–Crippen MR) is 63.7 cm³/mol. The molecule has 0 aliphatic rings. The topological polar surface area (TPSA) is 65.1 Å². The minimum Gasteiger partial charge on any atom is -0.396 e. The van der Waals surface area contributed by atoms with Crippen LogP contribution in [0.1, 0.15) is 36.2 Å². The lowest BCUT2D eigenvalue weighted by Crippen LogP contribution is -2.24. The minimum absolute atomic E-state index is 0.131. The Morgan fingerprint density at radius 3 is 2.75 bits per heavy atom. The molecular formula is C11H17ClN2O2. The van der Waals surface area contributed by atoms with Crippen molar-refractivity contribution in [1.82, 2.24) is 10.3 Å². The fraction of sp³-hybridized carbons (Fsp3) is 0.545. The summed E-state index contributed by atoms with van der Waals surface area (Å²) in [6, 6.07) is 1.60. The van der Waals surface area contributed by atoms with E-state index >= 15 is 0 Å². The number of unbranched alkanes of at least 4 members (excludes halogenated alkanes) is 3. The van der Waals surface area contributed by atoms with E-state index in [0.29, 0.717) is 17.3 Å². The fourth-order valence-electron chi connectivity index (χ4n) is 1.39. The van der Waals surface area contributed by atoms with Crippen LogP contribution in [0.3, 0.4) is 0 Å². The number of hydrogen-bond acceptors (Lipinski definition) is 2. The number of aromatic nitrogens is 1. The van der Waals surface area contributed by atoms with Gasteiger partial charge < -0.3 is 15.4 Å². The van der Waals surface area contributed by atoms with Crippen molar-refractivity contribution in [2.24, 2.45) is 0 Å². The van der Waals surface area contributed by atoms with E-state index in [1.54, 1.807) is 12.3 Å². The Labute approximate surface area is 100 Å². The van der Waals surface area contributed by atoms with Gasteiger partial charge in [0.15, 0.2) is 0 Å². The highest BCUT2D eigenvalue weighted by atomic mass is 35.5. The molecule has 1 amide bonds. The van der Waals surface area contributed by atoms with Gasteiger partial charge in [-0.1, -0.05) is 24.4 Å². The number of aliphatic hydroxyl groups excluding tert-OH is 1. The molecule has 1 rings (SSSR count). The molecule has 3 N–H and O–H groups in total. The number of H-pyrrole nitrogens is 1. The number of nitrogens with one attached hydrogen (secondary N) is 2. The van der Waals surface area contributed by atoms with E-state index in [0.717, 1.165) is 25.7 Å². The number of aliphatic hydroxyl groups is 1. The van der Waals surface area contributed by atoms with Crippen molar-refractivity contribution in [3.05, 3.63) is 23.0 Å². The largest absolute Gasteiger partial charge is 0.396 e. The zero-order valence-corrected chi connectivity index (χ0v) is 9.89. The highest BCUT2D eigenvalue weighted by Gasteiger charge is 2.06. The normalized spacial score (nSPS) is 10.4. The van der Waals surface area contributed by atoms with E-state index in [4.69, 9.17) is 16.7 Å². The van der Waals surface area contributed by atoms with Gasteiger partial charge in [-0.25, -0.2) is 0 Å². The number of carbonyl (C=O) groups excluding carboxylic acids is 1. The molecule has 0 saturated carbocycles. The molecule has 0 aliphatic heterocycles. The van der Waals surface area contributed by atoms with Crippen LogP contribution in [0.15, 0.2) is 12.3 Å². The van der Waals surface area contributed by atoms with Crippen molar-refractivity contribution in [3.8, 4) is 0 Å². The minimum atomic E-state index is -0.131. The maximum Gasteiger partial charge on any atom is 0.267 e. The van der Waals surface area contributed by atoms with Crippen LogP contribution in [0, 0.1) is 0 Å². The molecule has 0 aromatic carbocycles. The van der Waals surface area contributed by atoms with E-state index < -0.39 is 0 Å². The lowest BCUT2D eigenvalue weighted by atomic mass is 10.2. The second-order valence-electron chi connectivity index (χ2n) is 3.63. The fourth-order valence-corrected chi connectivity index (χ4v) is 1.55. The molecule has 0 bridgehead atoms. The average Bonchev–Trinajstić information content (AvgIpc) is 2.70. The molecule has 1 heterocycles. The number of carbonyl (C=O) groups is 1. The molecule has 4 nitrogen and oxygen atoms in total. The molecule has 0 atom stereocenters. The Balaban J connectivity index is 2.11. The summed E-state index contributed by atoms with van der Waals surface area (Å²) in [6.07, 6.45) is 5.37. The van der Waals surface area contributed by atoms with E-state index in [1.807, 2.05) is 0 Å². The first-order valence-electron chi connectivity index (χ1n) is 5.47. The van der Waals surface area contributed by atoms with Crippen LogP contribution in [0.5, 0.6) is 0 Å².